The van der Waals surface area contributed by atoms with Gasteiger partial charge in [0.05, 0.1) is 24.8 Å². The molecule has 4 nitrogen and oxygen atoms in total. The van der Waals surface area contributed by atoms with Gasteiger partial charge in [0, 0.05) is 10.9 Å². The molecule has 1 aliphatic carbocycles. The lowest BCUT2D eigenvalue weighted by Gasteiger charge is -2.11. The van der Waals surface area contributed by atoms with E-state index in [0.717, 1.165) is 39.7 Å². The number of rotatable bonds is 5. The first-order valence-electron chi connectivity index (χ1n) is 8.06. The molecule has 0 atom stereocenters. The molecule has 1 aliphatic rings. The van der Waals surface area contributed by atoms with Crippen LogP contribution < -0.4 is 10.1 Å². The molecule has 1 fully saturated rings. The number of hydrogen-bond donors (Lipinski definition) is 1. The van der Waals surface area contributed by atoms with E-state index in [1.807, 2.05) is 31.2 Å². The number of aryl methyl sites for hydroxylation is 1. The van der Waals surface area contributed by atoms with Gasteiger partial charge in [-0.2, -0.15) is 0 Å². The van der Waals surface area contributed by atoms with E-state index in [-0.39, 0.29) is 5.91 Å². The van der Waals surface area contributed by atoms with Crippen LogP contribution in [0.25, 0.3) is 10.6 Å². The van der Waals surface area contributed by atoms with Gasteiger partial charge in [0.15, 0.2) is 0 Å². The molecule has 122 valence electrons. The van der Waals surface area contributed by atoms with Crippen molar-refractivity contribution < 1.29 is 9.53 Å². The molecule has 2 aromatic rings. The van der Waals surface area contributed by atoms with E-state index in [1.165, 1.54) is 12.8 Å². The Hall–Kier alpha value is -1.88. The number of thiazole rings is 1. The number of carbonyl (C=O) groups is 1. The Bertz CT molecular complexity index is 690. The number of aromatic nitrogens is 1. The number of nitrogens with zero attached hydrogens (tertiary/aromatic N) is 1. The van der Waals surface area contributed by atoms with Gasteiger partial charge in [0.1, 0.15) is 10.8 Å². The van der Waals surface area contributed by atoms with Crippen molar-refractivity contribution in [2.45, 2.75) is 45.1 Å². The molecule has 1 aromatic carbocycles. The third kappa shape index (κ3) is 3.72. The second-order valence-corrected chi connectivity index (χ2v) is 7.04. The van der Waals surface area contributed by atoms with Crippen LogP contribution in [0.3, 0.4) is 0 Å². The van der Waals surface area contributed by atoms with Crippen LogP contribution in [0, 0.1) is 6.92 Å². The SMILES string of the molecule is COc1ccccc1-c1nc(C)c(CC(=O)NC2CCCC2)s1. The molecule has 0 saturated heterocycles. The van der Waals surface area contributed by atoms with E-state index in [0.29, 0.717) is 12.5 Å². The van der Waals surface area contributed by atoms with Gasteiger partial charge in [-0.05, 0) is 31.9 Å². The number of hydrogen-bond acceptors (Lipinski definition) is 4. The normalized spacial score (nSPS) is 14.9. The monoisotopic (exact) mass is 330 g/mol. The minimum Gasteiger partial charge on any atom is -0.496 e. The number of methoxy groups -OCH3 is 1. The Kier molecular flexibility index (Phi) is 4.96. The number of benzene rings is 1. The number of amides is 1. The maximum Gasteiger partial charge on any atom is 0.225 e. The van der Waals surface area contributed by atoms with Gasteiger partial charge in [0.25, 0.3) is 0 Å². The van der Waals surface area contributed by atoms with E-state index < -0.39 is 0 Å². The summed E-state index contributed by atoms with van der Waals surface area (Å²) in [5, 5.41) is 4.05. The molecule has 1 saturated carbocycles. The van der Waals surface area contributed by atoms with Gasteiger partial charge in [0.2, 0.25) is 5.91 Å². The van der Waals surface area contributed by atoms with Crippen molar-refractivity contribution in [2.24, 2.45) is 0 Å². The van der Waals surface area contributed by atoms with Crippen molar-refractivity contribution in [1.82, 2.24) is 10.3 Å². The first-order chi connectivity index (χ1) is 11.2. The van der Waals surface area contributed by atoms with Gasteiger partial charge in [-0.1, -0.05) is 25.0 Å². The van der Waals surface area contributed by atoms with Crippen LogP contribution in [-0.4, -0.2) is 24.0 Å². The highest BCUT2D eigenvalue weighted by atomic mass is 32.1. The maximum atomic E-state index is 12.2. The Morgan fingerprint density at radius 1 is 1.35 bits per heavy atom. The minimum absolute atomic E-state index is 0.107. The van der Waals surface area contributed by atoms with Crippen LogP contribution in [0.4, 0.5) is 0 Å². The molecule has 1 aromatic heterocycles. The molecular formula is C18H22N2O2S. The Morgan fingerprint density at radius 2 is 2.09 bits per heavy atom. The van der Waals surface area contributed by atoms with Gasteiger partial charge in [-0.15, -0.1) is 11.3 Å². The number of nitrogens with one attached hydrogen (secondary N) is 1. The van der Waals surface area contributed by atoms with Crippen molar-refractivity contribution in [3.8, 4) is 16.3 Å². The molecule has 0 spiro atoms. The molecular weight excluding hydrogens is 308 g/mol. The molecule has 0 aliphatic heterocycles. The molecule has 3 rings (SSSR count). The molecule has 0 bridgehead atoms. The molecule has 1 heterocycles. The maximum absolute atomic E-state index is 12.2. The molecule has 1 N–H and O–H groups in total. The molecule has 23 heavy (non-hydrogen) atoms. The van der Waals surface area contributed by atoms with E-state index in [9.17, 15) is 4.79 Å². The van der Waals surface area contributed by atoms with Crippen molar-refractivity contribution in [3.63, 3.8) is 0 Å². The molecule has 0 unspecified atom stereocenters. The summed E-state index contributed by atoms with van der Waals surface area (Å²) in [4.78, 5) is 17.9. The lowest BCUT2D eigenvalue weighted by molar-refractivity contribution is -0.121. The molecule has 5 heteroatoms. The van der Waals surface area contributed by atoms with Crippen LogP contribution >= 0.6 is 11.3 Å². The fraction of sp³-hybridized carbons (Fsp3) is 0.444. The summed E-state index contributed by atoms with van der Waals surface area (Å²) in [6.45, 7) is 1.97. The summed E-state index contributed by atoms with van der Waals surface area (Å²) < 4.78 is 5.41. The fourth-order valence-electron chi connectivity index (χ4n) is 3.02. The highest BCUT2D eigenvalue weighted by Gasteiger charge is 2.19. The second-order valence-electron chi connectivity index (χ2n) is 5.95. The highest BCUT2D eigenvalue weighted by molar-refractivity contribution is 7.15. The van der Waals surface area contributed by atoms with Crippen molar-refractivity contribution in [2.75, 3.05) is 7.11 Å². The molecule has 1 amide bonds. The predicted molar refractivity (Wildman–Crippen MR) is 92.9 cm³/mol. The highest BCUT2D eigenvalue weighted by Crippen LogP contribution is 2.34. The van der Waals surface area contributed by atoms with Crippen LogP contribution in [0.1, 0.15) is 36.3 Å². The van der Waals surface area contributed by atoms with Crippen molar-refractivity contribution in [3.05, 3.63) is 34.8 Å². The summed E-state index contributed by atoms with van der Waals surface area (Å²) >= 11 is 1.58. The van der Waals surface area contributed by atoms with Crippen molar-refractivity contribution >= 4 is 17.2 Å². The van der Waals surface area contributed by atoms with Crippen LogP contribution in [0.5, 0.6) is 5.75 Å². The Balaban J connectivity index is 1.74. The van der Waals surface area contributed by atoms with E-state index in [4.69, 9.17) is 4.74 Å². The fourth-order valence-corrected chi connectivity index (χ4v) is 4.11. The van der Waals surface area contributed by atoms with E-state index >= 15 is 0 Å². The predicted octanol–water partition coefficient (Wildman–Crippen LogP) is 3.73. The van der Waals surface area contributed by atoms with Crippen LogP contribution in [0.15, 0.2) is 24.3 Å². The number of ether oxygens (including phenoxy) is 1. The quantitative estimate of drug-likeness (QED) is 0.909. The Labute approximate surface area is 140 Å². The summed E-state index contributed by atoms with van der Waals surface area (Å²) in [7, 11) is 1.66. The number of carbonyl (C=O) groups excluding carboxylic acids is 1. The zero-order chi connectivity index (χ0) is 16.2. The van der Waals surface area contributed by atoms with E-state index in [2.05, 4.69) is 10.3 Å². The van der Waals surface area contributed by atoms with Crippen LogP contribution in [-0.2, 0) is 11.2 Å². The summed E-state index contributed by atoms with van der Waals surface area (Å²) in [6, 6.07) is 8.21. The standard InChI is InChI=1S/C18H22N2O2S/c1-12-16(11-17(21)20-13-7-3-4-8-13)23-18(19-12)14-9-5-6-10-15(14)22-2/h5-6,9-10,13H,3-4,7-8,11H2,1-2H3,(H,20,21). The average Bonchev–Trinajstić information content (AvgIpc) is 3.18. The third-order valence-corrected chi connectivity index (χ3v) is 5.46. The summed E-state index contributed by atoms with van der Waals surface area (Å²) in [6.07, 6.45) is 5.08. The first kappa shape index (κ1) is 16.0. The van der Waals surface area contributed by atoms with E-state index in [1.54, 1.807) is 18.4 Å². The average molecular weight is 330 g/mol. The van der Waals surface area contributed by atoms with Gasteiger partial charge in [-0.3, -0.25) is 4.79 Å². The van der Waals surface area contributed by atoms with Gasteiger partial charge >= 0.3 is 0 Å². The zero-order valence-corrected chi connectivity index (χ0v) is 14.4. The summed E-state index contributed by atoms with van der Waals surface area (Å²) in [5.41, 5.74) is 1.91. The topological polar surface area (TPSA) is 51.2 Å². The lowest BCUT2D eigenvalue weighted by Crippen LogP contribution is -2.33. The second kappa shape index (κ2) is 7.13. The smallest absolute Gasteiger partial charge is 0.225 e. The first-order valence-corrected chi connectivity index (χ1v) is 8.88. The largest absolute Gasteiger partial charge is 0.496 e. The van der Waals surface area contributed by atoms with Gasteiger partial charge < -0.3 is 10.1 Å². The molecule has 0 radical (unpaired) electrons. The van der Waals surface area contributed by atoms with Crippen molar-refractivity contribution in [1.29, 1.82) is 0 Å². The summed E-state index contributed by atoms with van der Waals surface area (Å²) in [5.74, 6) is 0.915. The lowest BCUT2D eigenvalue weighted by atomic mass is 10.2. The Morgan fingerprint density at radius 3 is 2.83 bits per heavy atom. The van der Waals surface area contributed by atoms with Gasteiger partial charge in [-0.25, -0.2) is 4.98 Å². The minimum atomic E-state index is 0.107. The number of para-hydroxylation sites is 1. The zero-order valence-electron chi connectivity index (χ0n) is 13.6. The van der Waals surface area contributed by atoms with Crippen LogP contribution in [0.2, 0.25) is 0 Å². The third-order valence-electron chi connectivity index (χ3n) is 4.27.